The number of hydrogen-bond acceptors (Lipinski definition) is 4. The average molecular weight is 377 g/mol. The molecule has 0 radical (unpaired) electrons. The Labute approximate surface area is 153 Å². The highest BCUT2D eigenvalue weighted by Crippen LogP contribution is 2.27. The largest absolute Gasteiger partial charge is 0.391 e. The number of hydrogen-bond donors (Lipinski definition) is 3. The number of amides is 1. The zero-order chi connectivity index (χ0) is 18.0. The van der Waals surface area contributed by atoms with Crippen LogP contribution in [0.2, 0.25) is 5.02 Å². The second-order valence-electron chi connectivity index (χ2n) is 5.74. The van der Waals surface area contributed by atoms with Gasteiger partial charge in [0.1, 0.15) is 0 Å². The van der Waals surface area contributed by atoms with Crippen LogP contribution in [0.1, 0.15) is 21.6 Å². The minimum absolute atomic E-state index is 0.00424. The number of aryl methyl sites for hydroxylation is 1. The molecule has 1 aromatic carbocycles. The lowest BCUT2D eigenvalue weighted by molar-refractivity contribution is -0.120. The van der Waals surface area contributed by atoms with Gasteiger partial charge in [-0.2, -0.15) is 0 Å². The summed E-state index contributed by atoms with van der Waals surface area (Å²) in [5, 5.41) is 12.8. The topological polar surface area (TPSA) is 82.2 Å². The SMILES string of the molecule is Cc1c(CO)sc2c(=O)c(CC(=O)NCc3ccc(Cl)cc3)c[nH]c12. The van der Waals surface area contributed by atoms with Crippen LogP contribution in [0.5, 0.6) is 0 Å². The Bertz CT molecular complexity index is 976. The van der Waals surface area contributed by atoms with Crippen molar-refractivity contribution < 1.29 is 9.90 Å². The highest BCUT2D eigenvalue weighted by atomic mass is 35.5. The first-order valence-corrected chi connectivity index (χ1v) is 8.93. The molecule has 1 amide bonds. The van der Waals surface area contributed by atoms with Crippen molar-refractivity contribution in [1.82, 2.24) is 10.3 Å². The molecule has 3 rings (SSSR count). The van der Waals surface area contributed by atoms with E-state index in [1.165, 1.54) is 11.3 Å². The lowest BCUT2D eigenvalue weighted by Crippen LogP contribution is -2.26. The van der Waals surface area contributed by atoms with Crippen LogP contribution in [0.25, 0.3) is 10.2 Å². The summed E-state index contributed by atoms with van der Waals surface area (Å²) < 4.78 is 0.546. The van der Waals surface area contributed by atoms with Crippen molar-refractivity contribution in [2.24, 2.45) is 0 Å². The maximum Gasteiger partial charge on any atom is 0.224 e. The number of aliphatic hydroxyl groups excluding tert-OH is 1. The van der Waals surface area contributed by atoms with Crippen molar-refractivity contribution in [2.75, 3.05) is 0 Å². The summed E-state index contributed by atoms with van der Waals surface area (Å²) in [5.74, 6) is -0.226. The first-order valence-electron chi connectivity index (χ1n) is 7.74. The van der Waals surface area contributed by atoms with Gasteiger partial charge in [0, 0.05) is 28.2 Å². The molecule has 0 atom stereocenters. The number of nitrogens with one attached hydrogen (secondary N) is 2. The molecule has 0 saturated carbocycles. The maximum atomic E-state index is 12.6. The molecule has 3 N–H and O–H groups in total. The number of pyridine rings is 1. The lowest BCUT2D eigenvalue weighted by atomic mass is 10.1. The molecular formula is C18H17ClN2O3S. The van der Waals surface area contributed by atoms with Crippen LogP contribution >= 0.6 is 22.9 Å². The average Bonchev–Trinajstić information content (AvgIpc) is 2.94. The van der Waals surface area contributed by atoms with Gasteiger partial charge >= 0.3 is 0 Å². The summed E-state index contributed by atoms with van der Waals surface area (Å²) in [5.41, 5.74) is 2.78. The zero-order valence-electron chi connectivity index (χ0n) is 13.6. The molecule has 0 aliphatic rings. The maximum absolute atomic E-state index is 12.6. The van der Waals surface area contributed by atoms with Crippen molar-refractivity contribution >= 4 is 39.1 Å². The first kappa shape index (κ1) is 17.7. The standard InChI is InChI=1S/C18H17ClN2O3S/c1-10-14(9-22)25-18-16(10)21-8-12(17(18)24)6-15(23)20-7-11-2-4-13(19)5-3-11/h2-5,8,22H,6-7,9H2,1H3,(H,20,23)(H,21,24). The second-order valence-corrected chi connectivity index (χ2v) is 7.28. The van der Waals surface area contributed by atoms with Crippen LogP contribution in [-0.4, -0.2) is 16.0 Å². The molecule has 0 saturated heterocycles. The number of thiophene rings is 1. The van der Waals surface area contributed by atoms with E-state index in [-0.39, 0.29) is 24.4 Å². The van der Waals surface area contributed by atoms with Gasteiger partial charge in [-0.1, -0.05) is 23.7 Å². The number of halogens is 1. The van der Waals surface area contributed by atoms with Crippen LogP contribution < -0.4 is 10.7 Å². The number of benzene rings is 1. The van der Waals surface area contributed by atoms with Gasteiger partial charge in [-0.15, -0.1) is 11.3 Å². The third-order valence-electron chi connectivity index (χ3n) is 4.03. The first-order chi connectivity index (χ1) is 12.0. The Hall–Kier alpha value is -2.15. The quantitative estimate of drug-likeness (QED) is 0.640. The van der Waals surface area contributed by atoms with E-state index in [1.807, 2.05) is 19.1 Å². The van der Waals surface area contributed by atoms with Gasteiger partial charge in [-0.05, 0) is 30.2 Å². The molecule has 0 aliphatic heterocycles. The monoisotopic (exact) mass is 376 g/mol. The molecule has 7 heteroatoms. The molecule has 0 aliphatic carbocycles. The van der Waals surface area contributed by atoms with Gasteiger partial charge in [-0.3, -0.25) is 9.59 Å². The molecular weight excluding hydrogens is 360 g/mol. The summed E-state index contributed by atoms with van der Waals surface area (Å²) in [6.07, 6.45) is 1.58. The Kier molecular flexibility index (Phi) is 5.22. The van der Waals surface area contributed by atoms with Crippen molar-refractivity contribution in [3.05, 3.63) is 67.3 Å². The van der Waals surface area contributed by atoms with E-state index < -0.39 is 0 Å². The van der Waals surface area contributed by atoms with Gasteiger partial charge in [0.15, 0.2) is 0 Å². The predicted molar refractivity (Wildman–Crippen MR) is 100 cm³/mol. The molecule has 2 aromatic heterocycles. The number of carbonyl (C=O) groups is 1. The summed E-state index contributed by atoms with van der Waals surface area (Å²) >= 11 is 7.10. The molecule has 5 nitrogen and oxygen atoms in total. The van der Waals surface area contributed by atoms with Gasteiger partial charge in [0.2, 0.25) is 11.3 Å². The van der Waals surface area contributed by atoms with Gasteiger partial charge in [0.25, 0.3) is 0 Å². The van der Waals surface area contributed by atoms with Crippen molar-refractivity contribution in [1.29, 1.82) is 0 Å². The second kappa shape index (κ2) is 7.39. The van der Waals surface area contributed by atoms with Gasteiger partial charge in [-0.25, -0.2) is 0 Å². The number of rotatable bonds is 5. The van der Waals surface area contributed by atoms with E-state index in [0.717, 1.165) is 21.5 Å². The van der Waals surface area contributed by atoms with E-state index in [9.17, 15) is 14.7 Å². The van der Waals surface area contributed by atoms with Crippen LogP contribution in [0.3, 0.4) is 0 Å². The van der Waals surface area contributed by atoms with E-state index in [0.29, 0.717) is 21.8 Å². The number of fused-ring (bicyclic) bond motifs is 1. The summed E-state index contributed by atoms with van der Waals surface area (Å²) in [6.45, 7) is 2.14. The van der Waals surface area contributed by atoms with Crippen molar-refractivity contribution in [3.63, 3.8) is 0 Å². The molecule has 0 fully saturated rings. The Morgan fingerprint density at radius 1 is 1.32 bits per heavy atom. The molecule has 130 valence electrons. The third kappa shape index (κ3) is 3.76. The highest BCUT2D eigenvalue weighted by Gasteiger charge is 2.15. The Morgan fingerprint density at radius 3 is 2.72 bits per heavy atom. The smallest absolute Gasteiger partial charge is 0.224 e. The molecule has 0 bridgehead atoms. The van der Waals surface area contributed by atoms with Gasteiger partial charge < -0.3 is 15.4 Å². The van der Waals surface area contributed by atoms with Crippen molar-refractivity contribution in [3.8, 4) is 0 Å². The molecule has 0 spiro atoms. The fourth-order valence-corrected chi connectivity index (χ4v) is 3.82. The number of carbonyl (C=O) groups excluding carboxylic acids is 1. The Morgan fingerprint density at radius 2 is 2.04 bits per heavy atom. The number of aromatic nitrogens is 1. The van der Waals surface area contributed by atoms with Crippen molar-refractivity contribution in [2.45, 2.75) is 26.5 Å². The van der Waals surface area contributed by atoms with Gasteiger partial charge in [0.05, 0.1) is 23.2 Å². The summed E-state index contributed by atoms with van der Waals surface area (Å²) in [6, 6.07) is 7.21. The fraction of sp³-hybridized carbons (Fsp3) is 0.222. The third-order valence-corrected chi connectivity index (χ3v) is 5.56. The van der Waals surface area contributed by atoms with E-state index in [4.69, 9.17) is 11.6 Å². The molecule has 0 unspecified atom stereocenters. The zero-order valence-corrected chi connectivity index (χ0v) is 15.1. The summed E-state index contributed by atoms with van der Waals surface area (Å²) in [4.78, 5) is 28.5. The van der Waals surface area contributed by atoms with E-state index >= 15 is 0 Å². The molecule has 3 aromatic rings. The molecule has 25 heavy (non-hydrogen) atoms. The minimum atomic E-state index is -0.226. The minimum Gasteiger partial charge on any atom is -0.391 e. The number of H-pyrrole nitrogens is 1. The van der Waals surface area contributed by atoms with Crippen LogP contribution in [0.15, 0.2) is 35.3 Å². The fourth-order valence-electron chi connectivity index (χ4n) is 2.59. The van der Waals surface area contributed by atoms with Crippen LogP contribution in [-0.2, 0) is 24.4 Å². The van der Waals surface area contributed by atoms with Crippen LogP contribution in [0, 0.1) is 6.92 Å². The molecule has 2 heterocycles. The highest BCUT2D eigenvalue weighted by molar-refractivity contribution is 7.19. The normalized spacial score (nSPS) is 11.0. The predicted octanol–water partition coefficient (Wildman–Crippen LogP) is 2.90. The Balaban J connectivity index is 1.73. The number of aliphatic hydroxyl groups is 1. The van der Waals surface area contributed by atoms with E-state index in [2.05, 4.69) is 10.3 Å². The number of aromatic amines is 1. The van der Waals surface area contributed by atoms with Crippen LogP contribution in [0.4, 0.5) is 0 Å². The summed E-state index contributed by atoms with van der Waals surface area (Å²) in [7, 11) is 0. The van der Waals surface area contributed by atoms with E-state index in [1.54, 1.807) is 18.3 Å². The lowest BCUT2D eigenvalue weighted by Gasteiger charge is -2.06.